The van der Waals surface area contributed by atoms with Crippen molar-refractivity contribution in [2.75, 3.05) is 6.54 Å². The maximum Gasteiger partial charge on any atom is 0.255 e. The molecule has 5 nitrogen and oxygen atoms in total. The van der Waals surface area contributed by atoms with Crippen molar-refractivity contribution in [3.8, 4) is 0 Å². The molecule has 1 aromatic carbocycles. The maximum atomic E-state index is 13.1. The van der Waals surface area contributed by atoms with Crippen LogP contribution in [0, 0.1) is 0 Å². The Morgan fingerprint density at radius 1 is 1.23 bits per heavy atom. The number of aromatic nitrogens is 1. The fourth-order valence-electron chi connectivity index (χ4n) is 3.66. The Kier molecular flexibility index (Phi) is 3.06. The van der Waals surface area contributed by atoms with Gasteiger partial charge in [-0.05, 0) is 30.4 Å². The zero-order chi connectivity index (χ0) is 15.1. The van der Waals surface area contributed by atoms with Crippen molar-refractivity contribution in [1.82, 2.24) is 15.2 Å². The van der Waals surface area contributed by atoms with Crippen LogP contribution in [0.2, 0.25) is 0 Å². The van der Waals surface area contributed by atoms with E-state index in [0.717, 1.165) is 23.6 Å². The van der Waals surface area contributed by atoms with Gasteiger partial charge >= 0.3 is 0 Å². The summed E-state index contributed by atoms with van der Waals surface area (Å²) < 4.78 is 0. The molecule has 2 aliphatic rings. The minimum Gasteiger partial charge on any atom is -0.354 e. The van der Waals surface area contributed by atoms with Gasteiger partial charge in [-0.25, -0.2) is 0 Å². The highest BCUT2D eigenvalue weighted by Crippen LogP contribution is 2.31. The molecule has 1 N–H and O–H groups in total. The quantitative estimate of drug-likeness (QED) is 0.871. The average Bonchev–Trinajstić information content (AvgIpc) is 2.85. The van der Waals surface area contributed by atoms with Gasteiger partial charge in [0.05, 0.1) is 0 Å². The van der Waals surface area contributed by atoms with Crippen LogP contribution >= 0.6 is 0 Å². The van der Waals surface area contributed by atoms with Gasteiger partial charge in [0, 0.05) is 48.4 Å². The Morgan fingerprint density at radius 2 is 2.09 bits per heavy atom. The molecule has 2 bridgehead atoms. The van der Waals surface area contributed by atoms with Gasteiger partial charge in [-0.2, -0.15) is 0 Å². The molecule has 4 rings (SSSR count). The van der Waals surface area contributed by atoms with Crippen molar-refractivity contribution >= 4 is 22.6 Å². The molecule has 2 aromatic rings. The van der Waals surface area contributed by atoms with E-state index in [1.807, 2.05) is 29.2 Å². The fraction of sp³-hybridized carbons (Fsp3) is 0.353. The van der Waals surface area contributed by atoms with Gasteiger partial charge < -0.3 is 10.2 Å². The summed E-state index contributed by atoms with van der Waals surface area (Å²) in [5.41, 5.74) is 0.700. The number of fused-ring (bicyclic) bond motifs is 3. The number of amides is 2. The van der Waals surface area contributed by atoms with E-state index in [4.69, 9.17) is 0 Å². The SMILES string of the molecule is O=C1C[C@@H]2CC[C@H](CN1)N2C(=O)c1cccc2cnccc12. The number of rotatable bonds is 1. The Morgan fingerprint density at radius 3 is 3.00 bits per heavy atom. The number of pyridine rings is 1. The molecule has 0 unspecified atom stereocenters. The van der Waals surface area contributed by atoms with Gasteiger partial charge in [0.1, 0.15) is 0 Å². The smallest absolute Gasteiger partial charge is 0.255 e. The van der Waals surface area contributed by atoms with E-state index in [1.54, 1.807) is 12.4 Å². The van der Waals surface area contributed by atoms with E-state index in [-0.39, 0.29) is 23.9 Å². The molecule has 5 heteroatoms. The third-order valence-corrected chi connectivity index (χ3v) is 4.72. The summed E-state index contributed by atoms with van der Waals surface area (Å²) in [6.45, 7) is 0.563. The predicted molar refractivity (Wildman–Crippen MR) is 82.3 cm³/mol. The van der Waals surface area contributed by atoms with E-state index in [0.29, 0.717) is 18.5 Å². The van der Waals surface area contributed by atoms with Crippen LogP contribution < -0.4 is 5.32 Å². The second kappa shape index (κ2) is 5.09. The van der Waals surface area contributed by atoms with E-state index in [9.17, 15) is 9.59 Å². The minimum atomic E-state index is 0.0251. The monoisotopic (exact) mass is 295 g/mol. The molecule has 3 heterocycles. The molecule has 2 atom stereocenters. The molecule has 0 saturated carbocycles. The summed E-state index contributed by atoms with van der Waals surface area (Å²) in [4.78, 5) is 30.9. The van der Waals surface area contributed by atoms with E-state index < -0.39 is 0 Å². The Hall–Kier alpha value is -2.43. The van der Waals surface area contributed by atoms with Crippen molar-refractivity contribution in [1.29, 1.82) is 0 Å². The Balaban J connectivity index is 1.76. The third kappa shape index (κ3) is 2.04. The maximum absolute atomic E-state index is 13.1. The van der Waals surface area contributed by atoms with Gasteiger partial charge in [-0.15, -0.1) is 0 Å². The van der Waals surface area contributed by atoms with Gasteiger partial charge in [0.2, 0.25) is 5.91 Å². The molecular weight excluding hydrogens is 278 g/mol. The molecule has 1 aromatic heterocycles. The lowest BCUT2D eigenvalue weighted by Crippen LogP contribution is -2.42. The fourth-order valence-corrected chi connectivity index (χ4v) is 3.66. The zero-order valence-electron chi connectivity index (χ0n) is 12.2. The highest BCUT2D eigenvalue weighted by atomic mass is 16.2. The molecule has 0 spiro atoms. The summed E-state index contributed by atoms with van der Waals surface area (Å²) in [5.74, 6) is 0.0768. The third-order valence-electron chi connectivity index (χ3n) is 4.72. The molecule has 22 heavy (non-hydrogen) atoms. The molecule has 2 amide bonds. The van der Waals surface area contributed by atoms with Crippen LogP contribution in [-0.2, 0) is 4.79 Å². The Bertz CT molecular complexity index is 753. The predicted octanol–water partition coefficient (Wildman–Crippen LogP) is 1.73. The average molecular weight is 295 g/mol. The molecule has 0 radical (unpaired) electrons. The lowest BCUT2D eigenvalue weighted by Gasteiger charge is -2.28. The molecule has 2 saturated heterocycles. The van der Waals surface area contributed by atoms with Crippen molar-refractivity contribution < 1.29 is 9.59 Å². The Labute approximate surface area is 128 Å². The summed E-state index contributed by atoms with van der Waals surface area (Å²) in [6, 6.07) is 7.73. The first-order valence-corrected chi connectivity index (χ1v) is 7.66. The van der Waals surface area contributed by atoms with Crippen molar-refractivity contribution in [2.45, 2.75) is 31.3 Å². The molecule has 2 aliphatic heterocycles. The van der Waals surface area contributed by atoms with Crippen LogP contribution in [0.15, 0.2) is 36.7 Å². The lowest BCUT2D eigenvalue weighted by atomic mass is 10.0. The summed E-state index contributed by atoms with van der Waals surface area (Å²) in [5, 5.41) is 4.79. The highest BCUT2D eigenvalue weighted by Gasteiger charge is 2.40. The highest BCUT2D eigenvalue weighted by molar-refractivity contribution is 6.07. The summed E-state index contributed by atoms with van der Waals surface area (Å²) in [7, 11) is 0. The second-order valence-electron chi connectivity index (χ2n) is 6.01. The standard InChI is InChI=1S/C17H17N3O2/c21-16-8-12-4-5-13(10-19-16)20(12)17(22)15-3-1-2-11-9-18-7-6-14(11)15/h1-3,6-7,9,12-13H,4-5,8,10H2,(H,19,21)/t12-,13+/m0/s1. The molecule has 0 aliphatic carbocycles. The molecule has 2 fully saturated rings. The number of benzene rings is 1. The zero-order valence-corrected chi connectivity index (χ0v) is 12.2. The van der Waals surface area contributed by atoms with Crippen LogP contribution in [0.3, 0.4) is 0 Å². The lowest BCUT2D eigenvalue weighted by molar-refractivity contribution is -0.121. The number of nitrogens with zero attached hydrogens (tertiary/aromatic N) is 2. The van der Waals surface area contributed by atoms with E-state index in [1.165, 1.54) is 0 Å². The van der Waals surface area contributed by atoms with Crippen molar-refractivity contribution in [2.24, 2.45) is 0 Å². The van der Waals surface area contributed by atoms with Crippen molar-refractivity contribution in [3.63, 3.8) is 0 Å². The van der Waals surface area contributed by atoms with Crippen LogP contribution in [0.5, 0.6) is 0 Å². The number of hydrogen-bond acceptors (Lipinski definition) is 3. The van der Waals surface area contributed by atoms with E-state index in [2.05, 4.69) is 10.3 Å². The number of hydrogen-bond donors (Lipinski definition) is 1. The van der Waals surface area contributed by atoms with Gasteiger partial charge in [0.15, 0.2) is 0 Å². The number of nitrogens with one attached hydrogen (secondary N) is 1. The van der Waals surface area contributed by atoms with Crippen molar-refractivity contribution in [3.05, 3.63) is 42.2 Å². The second-order valence-corrected chi connectivity index (χ2v) is 6.01. The molecule has 112 valence electrons. The van der Waals surface area contributed by atoms with Gasteiger partial charge in [-0.1, -0.05) is 12.1 Å². The number of carbonyl (C=O) groups excluding carboxylic acids is 2. The topological polar surface area (TPSA) is 62.3 Å². The normalized spacial score (nSPS) is 24.2. The largest absolute Gasteiger partial charge is 0.354 e. The number of carbonyl (C=O) groups is 2. The van der Waals surface area contributed by atoms with E-state index >= 15 is 0 Å². The van der Waals surface area contributed by atoms with Gasteiger partial charge in [0.25, 0.3) is 5.91 Å². The molecular formula is C17H17N3O2. The van der Waals surface area contributed by atoms with Crippen LogP contribution in [-0.4, -0.2) is 40.3 Å². The first-order valence-electron chi connectivity index (χ1n) is 7.66. The van der Waals surface area contributed by atoms with Crippen LogP contribution in [0.1, 0.15) is 29.6 Å². The first kappa shape index (κ1) is 13.2. The first-order chi connectivity index (χ1) is 10.7. The summed E-state index contributed by atoms with van der Waals surface area (Å²) in [6.07, 6.45) is 5.77. The van der Waals surface area contributed by atoms with Crippen LogP contribution in [0.4, 0.5) is 0 Å². The summed E-state index contributed by atoms with van der Waals surface area (Å²) >= 11 is 0. The minimum absolute atomic E-state index is 0.0251. The van der Waals surface area contributed by atoms with Crippen LogP contribution in [0.25, 0.3) is 10.8 Å². The van der Waals surface area contributed by atoms with Gasteiger partial charge in [-0.3, -0.25) is 14.6 Å².